The summed E-state index contributed by atoms with van der Waals surface area (Å²) >= 11 is 3.50. The van der Waals surface area contributed by atoms with Crippen molar-refractivity contribution in [3.63, 3.8) is 0 Å². The third-order valence-corrected chi connectivity index (χ3v) is 5.95. The Kier molecular flexibility index (Phi) is 4.29. The number of hydrogen-bond acceptors (Lipinski definition) is 5. The van der Waals surface area contributed by atoms with E-state index in [-0.39, 0.29) is 23.0 Å². The van der Waals surface area contributed by atoms with E-state index in [1.807, 2.05) is 53.4 Å². The first kappa shape index (κ1) is 18.7. The highest BCUT2D eigenvalue weighted by atomic mass is 79.9. The van der Waals surface area contributed by atoms with Gasteiger partial charge in [0.2, 0.25) is 5.78 Å². The fourth-order valence-corrected chi connectivity index (χ4v) is 4.60. The van der Waals surface area contributed by atoms with Crippen LogP contribution in [0.1, 0.15) is 20.7 Å². The zero-order chi connectivity index (χ0) is 21.0. The maximum absolute atomic E-state index is 13.7. The summed E-state index contributed by atoms with van der Waals surface area (Å²) in [5.41, 5.74) is 2.84. The SMILES string of the molecule is COc1ccc2c(c1OC)C(=O)N1c3ccccc3N(c3cccc(Br)c3)C1C2=O. The van der Waals surface area contributed by atoms with E-state index in [1.54, 1.807) is 17.0 Å². The number of methoxy groups -OCH3 is 2. The number of Topliss-reactive ketones (excluding diaryl/α,β-unsaturated/α-hetero) is 1. The van der Waals surface area contributed by atoms with Crippen LogP contribution in [0.25, 0.3) is 0 Å². The Morgan fingerprint density at radius 2 is 1.60 bits per heavy atom. The molecule has 0 N–H and O–H groups in total. The fraction of sp³-hybridized carbons (Fsp3) is 0.130. The molecule has 0 aliphatic carbocycles. The molecule has 0 fully saturated rings. The molecular formula is C23H17BrN2O4. The number of hydrogen-bond donors (Lipinski definition) is 0. The van der Waals surface area contributed by atoms with Gasteiger partial charge in [0.25, 0.3) is 5.91 Å². The smallest absolute Gasteiger partial charge is 0.265 e. The Bertz CT molecular complexity index is 1210. The number of para-hydroxylation sites is 2. The Labute approximate surface area is 181 Å². The van der Waals surface area contributed by atoms with Crippen molar-refractivity contribution in [1.29, 1.82) is 0 Å². The van der Waals surface area contributed by atoms with Crippen LogP contribution in [0.2, 0.25) is 0 Å². The zero-order valence-electron chi connectivity index (χ0n) is 16.3. The summed E-state index contributed by atoms with van der Waals surface area (Å²) in [4.78, 5) is 30.9. The van der Waals surface area contributed by atoms with Gasteiger partial charge >= 0.3 is 0 Å². The van der Waals surface area contributed by atoms with Crippen LogP contribution >= 0.6 is 15.9 Å². The third kappa shape index (κ3) is 2.48. The molecule has 0 saturated heterocycles. The largest absolute Gasteiger partial charge is 0.493 e. The van der Waals surface area contributed by atoms with Crippen molar-refractivity contribution in [3.05, 3.63) is 76.3 Å². The topological polar surface area (TPSA) is 59.1 Å². The van der Waals surface area contributed by atoms with E-state index >= 15 is 0 Å². The first-order chi connectivity index (χ1) is 14.6. The van der Waals surface area contributed by atoms with Crippen LogP contribution in [0.4, 0.5) is 17.1 Å². The molecule has 3 aromatic rings. The number of ether oxygens (including phenoxy) is 2. The molecule has 2 aliphatic rings. The second-order valence-corrected chi connectivity index (χ2v) is 7.89. The molecule has 1 amide bonds. The van der Waals surface area contributed by atoms with Crippen molar-refractivity contribution in [1.82, 2.24) is 0 Å². The quantitative estimate of drug-likeness (QED) is 0.557. The van der Waals surface area contributed by atoms with Crippen LogP contribution in [0.15, 0.2) is 65.1 Å². The highest BCUT2D eigenvalue weighted by Crippen LogP contribution is 2.49. The van der Waals surface area contributed by atoms with Crippen LogP contribution < -0.4 is 19.3 Å². The summed E-state index contributed by atoms with van der Waals surface area (Å²) in [6, 6.07) is 18.5. The Balaban J connectivity index is 1.77. The lowest BCUT2D eigenvalue weighted by molar-refractivity contribution is 0.0873. The van der Waals surface area contributed by atoms with Crippen LogP contribution in [0, 0.1) is 0 Å². The molecule has 1 atom stereocenters. The maximum atomic E-state index is 13.7. The number of ketones is 1. The van der Waals surface area contributed by atoms with E-state index in [0.717, 1.165) is 15.8 Å². The number of halogens is 1. The molecule has 0 aromatic heterocycles. The molecule has 1 unspecified atom stereocenters. The van der Waals surface area contributed by atoms with E-state index < -0.39 is 6.17 Å². The Morgan fingerprint density at radius 3 is 2.27 bits per heavy atom. The number of rotatable bonds is 3. The van der Waals surface area contributed by atoms with E-state index in [1.165, 1.54) is 14.2 Å². The minimum absolute atomic E-state index is 0.179. The number of carbonyl (C=O) groups excluding carboxylic acids is 2. The number of carbonyl (C=O) groups is 2. The van der Waals surface area contributed by atoms with Crippen LogP contribution in [0.5, 0.6) is 11.5 Å². The van der Waals surface area contributed by atoms with Crippen molar-refractivity contribution in [2.75, 3.05) is 24.0 Å². The van der Waals surface area contributed by atoms with Gasteiger partial charge in [-0.05, 0) is 42.5 Å². The van der Waals surface area contributed by atoms with Gasteiger partial charge in [0.15, 0.2) is 17.7 Å². The summed E-state index contributed by atoms with van der Waals surface area (Å²) in [5, 5.41) is 0. The van der Waals surface area contributed by atoms with Gasteiger partial charge in [-0.25, -0.2) is 0 Å². The molecule has 5 rings (SSSR count). The van der Waals surface area contributed by atoms with Gasteiger partial charge in [-0.15, -0.1) is 0 Å². The second-order valence-electron chi connectivity index (χ2n) is 6.98. The molecule has 150 valence electrons. The lowest BCUT2D eigenvalue weighted by Gasteiger charge is -2.35. The lowest BCUT2D eigenvalue weighted by atomic mass is 9.94. The minimum Gasteiger partial charge on any atom is -0.493 e. The summed E-state index contributed by atoms with van der Waals surface area (Å²) in [6.45, 7) is 0. The highest BCUT2D eigenvalue weighted by molar-refractivity contribution is 9.10. The molecule has 2 heterocycles. The maximum Gasteiger partial charge on any atom is 0.265 e. The minimum atomic E-state index is -0.810. The third-order valence-electron chi connectivity index (χ3n) is 5.45. The average Bonchev–Trinajstić information content (AvgIpc) is 3.12. The molecule has 0 bridgehead atoms. The van der Waals surface area contributed by atoms with Crippen molar-refractivity contribution >= 4 is 44.7 Å². The predicted molar refractivity (Wildman–Crippen MR) is 117 cm³/mol. The number of fused-ring (bicyclic) bond motifs is 4. The van der Waals surface area contributed by atoms with Crippen LogP contribution in [0.3, 0.4) is 0 Å². The second kappa shape index (κ2) is 6.88. The van der Waals surface area contributed by atoms with Gasteiger partial charge < -0.3 is 14.4 Å². The highest BCUT2D eigenvalue weighted by Gasteiger charge is 2.50. The molecule has 3 aromatic carbocycles. The monoisotopic (exact) mass is 464 g/mol. The number of anilines is 3. The predicted octanol–water partition coefficient (Wildman–Crippen LogP) is 4.79. The van der Waals surface area contributed by atoms with Crippen molar-refractivity contribution < 1.29 is 19.1 Å². The summed E-state index contributed by atoms with van der Waals surface area (Å²) in [5.74, 6) is 0.203. The zero-order valence-corrected chi connectivity index (χ0v) is 17.8. The molecule has 6 nitrogen and oxygen atoms in total. The van der Waals surface area contributed by atoms with E-state index in [2.05, 4.69) is 15.9 Å². The Hall–Kier alpha value is -3.32. The molecule has 0 radical (unpaired) electrons. The van der Waals surface area contributed by atoms with Crippen molar-refractivity contribution in [3.8, 4) is 11.5 Å². The van der Waals surface area contributed by atoms with Gasteiger partial charge in [-0.2, -0.15) is 0 Å². The van der Waals surface area contributed by atoms with Crippen molar-refractivity contribution in [2.45, 2.75) is 6.17 Å². The summed E-state index contributed by atoms with van der Waals surface area (Å²) in [7, 11) is 2.97. The number of nitrogens with zero attached hydrogens (tertiary/aromatic N) is 2. The summed E-state index contributed by atoms with van der Waals surface area (Å²) < 4.78 is 11.7. The molecular weight excluding hydrogens is 448 g/mol. The van der Waals surface area contributed by atoms with Gasteiger partial charge in [0, 0.05) is 15.7 Å². The molecule has 0 spiro atoms. The molecule has 7 heteroatoms. The number of benzene rings is 3. The fourth-order valence-electron chi connectivity index (χ4n) is 4.22. The van der Waals surface area contributed by atoms with E-state index in [4.69, 9.17) is 9.47 Å². The molecule has 2 aliphatic heterocycles. The first-order valence-electron chi connectivity index (χ1n) is 9.33. The van der Waals surface area contributed by atoms with E-state index in [9.17, 15) is 9.59 Å². The van der Waals surface area contributed by atoms with Gasteiger partial charge in [-0.1, -0.05) is 34.1 Å². The molecule has 30 heavy (non-hydrogen) atoms. The average molecular weight is 465 g/mol. The van der Waals surface area contributed by atoms with E-state index in [0.29, 0.717) is 17.0 Å². The Morgan fingerprint density at radius 1 is 0.867 bits per heavy atom. The van der Waals surface area contributed by atoms with Gasteiger partial charge in [0.1, 0.15) is 0 Å². The van der Waals surface area contributed by atoms with Crippen LogP contribution in [-0.4, -0.2) is 32.1 Å². The lowest BCUT2D eigenvalue weighted by Crippen LogP contribution is -2.53. The van der Waals surface area contributed by atoms with Gasteiger partial charge in [0.05, 0.1) is 31.2 Å². The number of amides is 1. The standard InChI is InChI=1S/C23H17BrN2O4/c1-29-18-11-10-15-19(21(18)30-2)23(28)26-17-9-4-3-8-16(17)25(22(26)20(15)27)14-7-5-6-13(24)12-14/h3-12,22H,1-2H3. The first-order valence-corrected chi connectivity index (χ1v) is 10.1. The summed E-state index contributed by atoms with van der Waals surface area (Å²) in [6.07, 6.45) is -0.810. The normalized spacial score (nSPS) is 16.8. The molecule has 0 saturated carbocycles. The van der Waals surface area contributed by atoms with Crippen molar-refractivity contribution in [2.24, 2.45) is 0 Å². The van der Waals surface area contributed by atoms with Crippen LogP contribution in [-0.2, 0) is 0 Å². The van der Waals surface area contributed by atoms with Gasteiger partial charge in [-0.3, -0.25) is 14.5 Å².